The summed E-state index contributed by atoms with van der Waals surface area (Å²) in [5.74, 6) is 1.02. The van der Waals surface area contributed by atoms with Crippen LogP contribution >= 0.6 is 0 Å². The third kappa shape index (κ3) is 5.80. The standard InChI is InChI=1S/C16H33N3/c1-15(19-13-11-18-12-14-19)7-9-17-10-8-16-5-3-2-4-6-16/h15-18H,2-14H2,1H3. The molecule has 0 amide bonds. The first-order valence-corrected chi connectivity index (χ1v) is 8.52. The van der Waals surface area contributed by atoms with Gasteiger partial charge in [0.1, 0.15) is 0 Å². The average molecular weight is 267 g/mol. The summed E-state index contributed by atoms with van der Waals surface area (Å²) in [6, 6.07) is 0.740. The minimum absolute atomic E-state index is 0.740. The van der Waals surface area contributed by atoms with E-state index in [1.54, 1.807) is 0 Å². The maximum absolute atomic E-state index is 3.66. The first-order chi connectivity index (χ1) is 9.36. The Bertz CT molecular complexity index is 220. The Hall–Kier alpha value is -0.120. The van der Waals surface area contributed by atoms with E-state index >= 15 is 0 Å². The number of nitrogens with one attached hydrogen (secondary N) is 2. The molecular weight excluding hydrogens is 234 g/mol. The Morgan fingerprint density at radius 3 is 2.58 bits per heavy atom. The third-order valence-electron chi connectivity index (χ3n) is 4.97. The molecule has 0 aromatic rings. The Morgan fingerprint density at radius 2 is 1.84 bits per heavy atom. The molecule has 0 radical (unpaired) electrons. The molecule has 2 rings (SSSR count). The molecule has 1 atom stereocenters. The maximum atomic E-state index is 3.66. The quantitative estimate of drug-likeness (QED) is 0.693. The molecule has 1 heterocycles. The van der Waals surface area contributed by atoms with Crippen LogP contribution in [0.2, 0.25) is 0 Å². The summed E-state index contributed by atoms with van der Waals surface area (Å²) in [5, 5.41) is 7.09. The second-order valence-electron chi connectivity index (χ2n) is 6.47. The Labute approximate surface area is 119 Å². The van der Waals surface area contributed by atoms with E-state index in [1.807, 2.05) is 0 Å². The van der Waals surface area contributed by atoms with E-state index in [0.717, 1.165) is 12.0 Å². The molecular formula is C16H33N3. The molecule has 3 heteroatoms. The van der Waals surface area contributed by atoms with E-state index in [0.29, 0.717) is 0 Å². The zero-order chi connectivity index (χ0) is 13.3. The van der Waals surface area contributed by atoms with Crippen LogP contribution in [0.3, 0.4) is 0 Å². The summed E-state index contributed by atoms with van der Waals surface area (Å²) in [5.41, 5.74) is 0. The van der Waals surface area contributed by atoms with Crippen LogP contribution in [-0.4, -0.2) is 50.2 Å². The highest BCUT2D eigenvalue weighted by molar-refractivity contribution is 4.74. The highest BCUT2D eigenvalue weighted by Gasteiger charge is 2.16. The van der Waals surface area contributed by atoms with E-state index in [1.165, 1.54) is 84.2 Å². The zero-order valence-electron chi connectivity index (χ0n) is 12.8. The summed E-state index contributed by atoms with van der Waals surface area (Å²) < 4.78 is 0. The molecule has 1 aliphatic carbocycles. The molecule has 1 unspecified atom stereocenters. The van der Waals surface area contributed by atoms with Gasteiger partial charge in [-0.2, -0.15) is 0 Å². The van der Waals surface area contributed by atoms with Crippen molar-refractivity contribution in [1.82, 2.24) is 15.5 Å². The van der Waals surface area contributed by atoms with Crippen molar-refractivity contribution >= 4 is 0 Å². The highest BCUT2D eigenvalue weighted by Crippen LogP contribution is 2.25. The first kappa shape index (κ1) is 15.3. The molecule has 2 aliphatic rings. The molecule has 19 heavy (non-hydrogen) atoms. The van der Waals surface area contributed by atoms with Crippen LogP contribution in [-0.2, 0) is 0 Å². The van der Waals surface area contributed by atoms with Gasteiger partial charge in [-0.3, -0.25) is 4.90 Å². The first-order valence-electron chi connectivity index (χ1n) is 8.52. The largest absolute Gasteiger partial charge is 0.317 e. The molecule has 1 saturated heterocycles. The number of rotatable bonds is 7. The van der Waals surface area contributed by atoms with Crippen LogP contribution in [0, 0.1) is 5.92 Å². The molecule has 112 valence electrons. The van der Waals surface area contributed by atoms with Gasteiger partial charge < -0.3 is 10.6 Å². The fraction of sp³-hybridized carbons (Fsp3) is 1.00. The van der Waals surface area contributed by atoms with Crippen molar-refractivity contribution in [3.05, 3.63) is 0 Å². The van der Waals surface area contributed by atoms with Gasteiger partial charge in [0.15, 0.2) is 0 Å². The van der Waals surface area contributed by atoms with E-state index in [4.69, 9.17) is 0 Å². The molecule has 1 aliphatic heterocycles. The van der Waals surface area contributed by atoms with Crippen molar-refractivity contribution in [3.63, 3.8) is 0 Å². The van der Waals surface area contributed by atoms with Gasteiger partial charge in [0.05, 0.1) is 0 Å². The molecule has 0 spiro atoms. The fourth-order valence-corrected chi connectivity index (χ4v) is 3.52. The Morgan fingerprint density at radius 1 is 1.11 bits per heavy atom. The second kappa shape index (κ2) is 8.93. The lowest BCUT2D eigenvalue weighted by molar-refractivity contribution is 0.176. The fourth-order valence-electron chi connectivity index (χ4n) is 3.52. The van der Waals surface area contributed by atoms with E-state index in [-0.39, 0.29) is 0 Å². The van der Waals surface area contributed by atoms with Gasteiger partial charge in [0, 0.05) is 32.2 Å². The summed E-state index contributed by atoms with van der Waals surface area (Å²) in [6.45, 7) is 9.59. The minimum Gasteiger partial charge on any atom is -0.317 e. The lowest BCUT2D eigenvalue weighted by atomic mass is 9.87. The number of hydrogen-bond donors (Lipinski definition) is 2. The van der Waals surface area contributed by atoms with Crippen molar-refractivity contribution in [2.45, 2.75) is 57.9 Å². The lowest BCUT2D eigenvalue weighted by Gasteiger charge is -2.32. The van der Waals surface area contributed by atoms with E-state index in [2.05, 4.69) is 22.5 Å². The van der Waals surface area contributed by atoms with E-state index < -0.39 is 0 Å². The van der Waals surface area contributed by atoms with Crippen LogP contribution in [0.15, 0.2) is 0 Å². The predicted molar refractivity (Wildman–Crippen MR) is 82.6 cm³/mol. The monoisotopic (exact) mass is 267 g/mol. The Kier molecular flexibility index (Phi) is 7.18. The molecule has 2 N–H and O–H groups in total. The normalized spacial score (nSPS) is 24.5. The molecule has 2 fully saturated rings. The van der Waals surface area contributed by atoms with Gasteiger partial charge in [-0.15, -0.1) is 0 Å². The summed E-state index contributed by atoms with van der Waals surface area (Å²) >= 11 is 0. The number of hydrogen-bond acceptors (Lipinski definition) is 3. The minimum atomic E-state index is 0.740. The molecule has 1 saturated carbocycles. The van der Waals surface area contributed by atoms with Crippen LogP contribution in [0.4, 0.5) is 0 Å². The van der Waals surface area contributed by atoms with Gasteiger partial charge in [-0.1, -0.05) is 32.1 Å². The van der Waals surface area contributed by atoms with Crippen LogP contribution in [0.25, 0.3) is 0 Å². The molecule has 0 bridgehead atoms. The number of piperazine rings is 1. The molecule has 3 nitrogen and oxygen atoms in total. The third-order valence-corrected chi connectivity index (χ3v) is 4.97. The lowest BCUT2D eigenvalue weighted by Crippen LogP contribution is -2.48. The maximum Gasteiger partial charge on any atom is 0.0110 e. The van der Waals surface area contributed by atoms with Crippen molar-refractivity contribution in [2.75, 3.05) is 39.3 Å². The van der Waals surface area contributed by atoms with Crippen molar-refractivity contribution in [1.29, 1.82) is 0 Å². The topological polar surface area (TPSA) is 27.3 Å². The van der Waals surface area contributed by atoms with Gasteiger partial charge in [0.25, 0.3) is 0 Å². The predicted octanol–water partition coefficient (Wildman–Crippen LogP) is 2.23. The van der Waals surface area contributed by atoms with Crippen molar-refractivity contribution < 1.29 is 0 Å². The zero-order valence-corrected chi connectivity index (χ0v) is 12.8. The summed E-state index contributed by atoms with van der Waals surface area (Å²) in [4.78, 5) is 2.62. The van der Waals surface area contributed by atoms with Gasteiger partial charge in [0.2, 0.25) is 0 Å². The van der Waals surface area contributed by atoms with E-state index in [9.17, 15) is 0 Å². The van der Waals surface area contributed by atoms with Crippen molar-refractivity contribution in [2.24, 2.45) is 5.92 Å². The summed E-state index contributed by atoms with van der Waals surface area (Å²) in [6.07, 6.45) is 10.1. The van der Waals surface area contributed by atoms with Crippen molar-refractivity contribution in [3.8, 4) is 0 Å². The van der Waals surface area contributed by atoms with Crippen LogP contribution < -0.4 is 10.6 Å². The number of nitrogens with zero attached hydrogens (tertiary/aromatic N) is 1. The SMILES string of the molecule is CC(CCNCCC1CCCCC1)N1CCNCC1. The van der Waals surface area contributed by atoms with Gasteiger partial charge in [-0.05, 0) is 38.8 Å². The molecule has 0 aromatic carbocycles. The van der Waals surface area contributed by atoms with Gasteiger partial charge in [-0.25, -0.2) is 0 Å². The highest BCUT2D eigenvalue weighted by atomic mass is 15.2. The van der Waals surface area contributed by atoms with Gasteiger partial charge >= 0.3 is 0 Å². The summed E-state index contributed by atoms with van der Waals surface area (Å²) in [7, 11) is 0. The Balaban J connectivity index is 1.46. The van der Waals surface area contributed by atoms with Crippen LogP contribution in [0.5, 0.6) is 0 Å². The van der Waals surface area contributed by atoms with Crippen LogP contribution in [0.1, 0.15) is 51.9 Å². The molecule has 0 aromatic heterocycles. The smallest absolute Gasteiger partial charge is 0.0110 e. The average Bonchev–Trinajstić information content (AvgIpc) is 2.49. The second-order valence-corrected chi connectivity index (χ2v) is 6.47.